The van der Waals surface area contributed by atoms with Gasteiger partial charge in [-0.2, -0.15) is 0 Å². The zero-order chi connectivity index (χ0) is 17.5. The maximum atomic E-state index is 11.9. The number of amides is 3. The third-order valence-corrected chi connectivity index (χ3v) is 4.52. The van der Waals surface area contributed by atoms with Crippen molar-refractivity contribution in [1.29, 1.82) is 0 Å². The molecular weight excluding hydrogens is 324 g/mol. The second-order valence-corrected chi connectivity index (χ2v) is 6.56. The summed E-state index contributed by atoms with van der Waals surface area (Å²) in [6.07, 6.45) is 0. The van der Waals surface area contributed by atoms with Crippen LogP contribution in [0.3, 0.4) is 0 Å². The van der Waals surface area contributed by atoms with E-state index in [1.807, 2.05) is 43.5 Å². The third-order valence-electron chi connectivity index (χ3n) is 3.33. The smallest absolute Gasteiger partial charge is 0.315 e. The average molecular weight is 346 g/mol. The molecule has 3 amide bonds. The lowest BCUT2D eigenvalue weighted by atomic mass is 10.2. The highest BCUT2D eigenvalue weighted by molar-refractivity contribution is 7.09. The maximum absolute atomic E-state index is 11.9. The fourth-order valence-corrected chi connectivity index (χ4v) is 3.00. The fourth-order valence-electron chi connectivity index (χ4n) is 2.14. The van der Waals surface area contributed by atoms with Gasteiger partial charge in [0.05, 0.1) is 5.01 Å². The van der Waals surface area contributed by atoms with Crippen LogP contribution in [0.25, 0.3) is 0 Å². The van der Waals surface area contributed by atoms with E-state index >= 15 is 0 Å². The van der Waals surface area contributed by atoms with Gasteiger partial charge in [0.2, 0.25) is 5.91 Å². The number of nitrogens with one attached hydrogen (secondary N) is 3. The van der Waals surface area contributed by atoms with Crippen LogP contribution >= 0.6 is 11.3 Å². The van der Waals surface area contributed by atoms with Crippen LogP contribution in [-0.2, 0) is 11.3 Å². The number of thiazole rings is 1. The van der Waals surface area contributed by atoms with Crippen molar-refractivity contribution >= 4 is 29.0 Å². The van der Waals surface area contributed by atoms with Crippen LogP contribution in [0.2, 0.25) is 0 Å². The molecule has 7 heteroatoms. The summed E-state index contributed by atoms with van der Waals surface area (Å²) in [6, 6.07) is 7.16. The second kappa shape index (κ2) is 8.44. The molecule has 3 N–H and O–H groups in total. The van der Waals surface area contributed by atoms with E-state index in [4.69, 9.17) is 0 Å². The first-order chi connectivity index (χ1) is 11.4. The Morgan fingerprint density at radius 1 is 1.29 bits per heavy atom. The van der Waals surface area contributed by atoms with Crippen molar-refractivity contribution in [3.8, 4) is 0 Å². The van der Waals surface area contributed by atoms with Gasteiger partial charge in [0.1, 0.15) is 0 Å². The van der Waals surface area contributed by atoms with Crippen molar-refractivity contribution in [3.05, 3.63) is 45.9 Å². The molecule has 6 nitrogen and oxygen atoms in total. The van der Waals surface area contributed by atoms with Crippen molar-refractivity contribution in [2.75, 3.05) is 11.9 Å². The Hall–Kier alpha value is -2.41. The average Bonchev–Trinajstić information content (AvgIpc) is 2.97. The molecule has 0 aliphatic rings. The molecule has 0 saturated carbocycles. The molecule has 1 aromatic heterocycles. The summed E-state index contributed by atoms with van der Waals surface area (Å²) in [5, 5.41) is 11.4. The molecule has 24 heavy (non-hydrogen) atoms. The van der Waals surface area contributed by atoms with Gasteiger partial charge in [-0.15, -0.1) is 11.3 Å². The molecule has 128 valence electrons. The molecule has 2 rings (SSSR count). The maximum Gasteiger partial charge on any atom is 0.315 e. The van der Waals surface area contributed by atoms with Gasteiger partial charge in [-0.1, -0.05) is 19.1 Å². The molecule has 1 heterocycles. The Balaban J connectivity index is 1.77. The highest BCUT2D eigenvalue weighted by Crippen LogP contribution is 2.18. The van der Waals surface area contributed by atoms with Crippen molar-refractivity contribution in [1.82, 2.24) is 15.6 Å². The lowest BCUT2D eigenvalue weighted by Crippen LogP contribution is -2.37. The van der Waals surface area contributed by atoms with Crippen molar-refractivity contribution in [2.45, 2.75) is 33.2 Å². The quantitative estimate of drug-likeness (QED) is 0.752. The molecule has 1 aromatic carbocycles. The largest absolute Gasteiger partial charge is 0.337 e. The highest BCUT2D eigenvalue weighted by Gasteiger charge is 2.11. The lowest BCUT2D eigenvalue weighted by Gasteiger charge is -2.12. The number of hydrogen-bond donors (Lipinski definition) is 3. The number of benzene rings is 1. The van der Waals surface area contributed by atoms with Crippen molar-refractivity contribution in [2.24, 2.45) is 0 Å². The third kappa shape index (κ3) is 5.66. The molecule has 0 aliphatic carbocycles. The van der Waals surface area contributed by atoms with Crippen LogP contribution in [0.4, 0.5) is 10.5 Å². The Bertz CT molecular complexity index is 714. The number of aromatic nitrogens is 1. The zero-order valence-corrected chi connectivity index (χ0v) is 14.9. The SMILES string of the molecule is CC(=O)Nc1cccc(CNC(=O)NCC(C)c2nc(C)cs2)c1. The van der Waals surface area contributed by atoms with E-state index in [1.54, 1.807) is 11.3 Å². The van der Waals surface area contributed by atoms with Gasteiger partial charge in [-0.25, -0.2) is 9.78 Å². The number of urea groups is 1. The van der Waals surface area contributed by atoms with Crippen LogP contribution in [-0.4, -0.2) is 23.5 Å². The van der Waals surface area contributed by atoms with Crippen LogP contribution in [0.15, 0.2) is 29.6 Å². The van der Waals surface area contributed by atoms with Gasteiger partial charge >= 0.3 is 6.03 Å². The van der Waals surface area contributed by atoms with E-state index in [9.17, 15) is 9.59 Å². The number of anilines is 1. The van der Waals surface area contributed by atoms with Gasteiger partial charge < -0.3 is 16.0 Å². The standard InChI is InChI=1S/C17H22N4O2S/c1-11(16-20-12(2)10-24-16)8-18-17(23)19-9-14-5-4-6-15(7-14)21-13(3)22/h4-7,10-11H,8-9H2,1-3H3,(H,21,22)(H2,18,19,23). The molecule has 1 atom stereocenters. The van der Waals surface area contributed by atoms with Gasteiger partial charge in [-0.05, 0) is 24.6 Å². The van der Waals surface area contributed by atoms with Crippen LogP contribution in [0.1, 0.15) is 36.0 Å². The summed E-state index contributed by atoms with van der Waals surface area (Å²) in [4.78, 5) is 27.4. The normalized spacial score (nSPS) is 11.6. The van der Waals surface area contributed by atoms with Gasteiger partial charge in [0.25, 0.3) is 0 Å². The number of carbonyl (C=O) groups is 2. The van der Waals surface area contributed by atoms with E-state index in [2.05, 4.69) is 20.9 Å². The fraction of sp³-hybridized carbons (Fsp3) is 0.353. The molecule has 2 aromatic rings. The van der Waals surface area contributed by atoms with Gasteiger partial charge in [0.15, 0.2) is 0 Å². The predicted octanol–water partition coefficient (Wildman–Crippen LogP) is 3.01. The summed E-state index contributed by atoms with van der Waals surface area (Å²) < 4.78 is 0. The number of hydrogen-bond acceptors (Lipinski definition) is 4. The Morgan fingerprint density at radius 3 is 2.75 bits per heavy atom. The lowest BCUT2D eigenvalue weighted by molar-refractivity contribution is -0.114. The van der Waals surface area contributed by atoms with Crippen LogP contribution in [0.5, 0.6) is 0 Å². The van der Waals surface area contributed by atoms with Crippen LogP contribution in [0, 0.1) is 6.92 Å². The van der Waals surface area contributed by atoms with E-state index < -0.39 is 0 Å². The van der Waals surface area contributed by atoms with Gasteiger partial charge in [-0.3, -0.25) is 4.79 Å². The van der Waals surface area contributed by atoms with Crippen molar-refractivity contribution < 1.29 is 9.59 Å². The topological polar surface area (TPSA) is 83.1 Å². The van der Waals surface area contributed by atoms with Crippen LogP contribution < -0.4 is 16.0 Å². The molecule has 0 fully saturated rings. The molecule has 0 saturated heterocycles. The number of aryl methyl sites for hydroxylation is 1. The minimum absolute atomic E-state index is 0.121. The first-order valence-corrected chi connectivity index (χ1v) is 8.62. The summed E-state index contributed by atoms with van der Waals surface area (Å²) in [5.41, 5.74) is 2.64. The van der Waals surface area contributed by atoms with Gasteiger partial charge in [0, 0.05) is 42.7 Å². The number of nitrogens with zero attached hydrogens (tertiary/aromatic N) is 1. The summed E-state index contributed by atoms with van der Waals surface area (Å²) in [6.45, 7) is 6.38. The Labute approximate surface area is 145 Å². The van der Waals surface area contributed by atoms with E-state index in [-0.39, 0.29) is 17.9 Å². The number of carbonyl (C=O) groups excluding carboxylic acids is 2. The Kier molecular flexibility index (Phi) is 6.31. The monoisotopic (exact) mass is 346 g/mol. The molecule has 0 radical (unpaired) electrons. The minimum Gasteiger partial charge on any atom is -0.337 e. The first-order valence-electron chi connectivity index (χ1n) is 7.74. The minimum atomic E-state index is -0.222. The summed E-state index contributed by atoms with van der Waals surface area (Å²) in [7, 11) is 0. The number of rotatable bonds is 6. The van der Waals surface area contributed by atoms with Crippen molar-refractivity contribution in [3.63, 3.8) is 0 Å². The predicted molar refractivity (Wildman–Crippen MR) is 96.3 cm³/mol. The highest BCUT2D eigenvalue weighted by atomic mass is 32.1. The summed E-state index contributed by atoms with van der Waals surface area (Å²) >= 11 is 1.61. The molecule has 0 bridgehead atoms. The van der Waals surface area contributed by atoms with E-state index in [0.29, 0.717) is 13.1 Å². The first kappa shape index (κ1) is 17.9. The summed E-state index contributed by atoms with van der Waals surface area (Å²) in [5.74, 6) is 0.0572. The molecule has 0 spiro atoms. The molecule has 1 unspecified atom stereocenters. The van der Waals surface area contributed by atoms with E-state index in [1.165, 1.54) is 6.92 Å². The Morgan fingerprint density at radius 2 is 2.08 bits per heavy atom. The van der Waals surface area contributed by atoms with E-state index in [0.717, 1.165) is 22.0 Å². The molecule has 0 aliphatic heterocycles. The molecular formula is C17H22N4O2S. The second-order valence-electron chi connectivity index (χ2n) is 5.67. The zero-order valence-electron chi connectivity index (χ0n) is 14.1.